The molecule has 126 valence electrons. The standard InChI is InChI=1S/C18H17F3N2O/c1-2-9-3-13-14(23-6-9)5-12-10-4-11(8-22-7-10)15(12)16(13)17(24)18(19,20)21/h3,5-6,10-11,22H,2,4,7-8H2,1H3. The molecule has 6 heteroatoms. The molecular weight excluding hydrogens is 317 g/mol. The molecule has 1 aliphatic heterocycles. The third-order valence-corrected chi connectivity index (χ3v) is 5.21. The molecule has 4 rings (SSSR count). The lowest BCUT2D eigenvalue weighted by atomic mass is 9.89. The van der Waals surface area contributed by atoms with E-state index in [2.05, 4.69) is 10.3 Å². The van der Waals surface area contributed by atoms with Crippen LogP contribution in [0.4, 0.5) is 13.2 Å². The summed E-state index contributed by atoms with van der Waals surface area (Å²) < 4.78 is 39.8. The maximum atomic E-state index is 13.3. The van der Waals surface area contributed by atoms with Gasteiger partial charge in [-0.2, -0.15) is 13.2 Å². The number of aryl methyl sites for hydroxylation is 1. The van der Waals surface area contributed by atoms with Gasteiger partial charge < -0.3 is 5.32 Å². The van der Waals surface area contributed by atoms with E-state index in [4.69, 9.17) is 0 Å². The number of carbonyl (C=O) groups excluding carboxylic acids is 1. The Morgan fingerprint density at radius 1 is 1.29 bits per heavy atom. The lowest BCUT2D eigenvalue weighted by Crippen LogP contribution is -2.29. The summed E-state index contributed by atoms with van der Waals surface area (Å²) in [6, 6.07) is 3.58. The van der Waals surface area contributed by atoms with Crippen LogP contribution in [0, 0.1) is 0 Å². The summed E-state index contributed by atoms with van der Waals surface area (Å²) in [6.45, 7) is 3.27. The maximum absolute atomic E-state index is 13.3. The number of fused-ring (bicyclic) bond motifs is 6. The van der Waals surface area contributed by atoms with Crippen molar-refractivity contribution in [3.63, 3.8) is 0 Å². The smallest absolute Gasteiger partial charge is 0.316 e. The Morgan fingerprint density at radius 2 is 2.04 bits per heavy atom. The van der Waals surface area contributed by atoms with Crippen molar-refractivity contribution in [1.82, 2.24) is 10.3 Å². The van der Waals surface area contributed by atoms with Crippen molar-refractivity contribution in [2.75, 3.05) is 13.1 Å². The summed E-state index contributed by atoms with van der Waals surface area (Å²) in [5, 5.41) is 3.60. The minimum absolute atomic E-state index is 0.0327. The fourth-order valence-electron chi connectivity index (χ4n) is 4.10. The normalized spacial score (nSPS) is 22.7. The second-order valence-electron chi connectivity index (χ2n) is 6.63. The Labute approximate surface area is 137 Å². The average molecular weight is 334 g/mol. The minimum Gasteiger partial charge on any atom is -0.316 e. The fourth-order valence-corrected chi connectivity index (χ4v) is 4.10. The van der Waals surface area contributed by atoms with Gasteiger partial charge in [-0.05, 0) is 53.5 Å². The predicted molar refractivity (Wildman–Crippen MR) is 84.5 cm³/mol. The zero-order chi connectivity index (χ0) is 17.1. The van der Waals surface area contributed by atoms with E-state index in [0.717, 1.165) is 24.1 Å². The van der Waals surface area contributed by atoms with Crippen LogP contribution >= 0.6 is 0 Å². The first-order valence-electron chi connectivity index (χ1n) is 8.17. The van der Waals surface area contributed by atoms with Gasteiger partial charge in [0, 0.05) is 30.2 Å². The van der Waals surface area contributed by atoms with Crippen molar-refractivity contribution in [2.24, 2.45) is 0 Å². The number of nitrogens with zero attached hydrogens (tertiary/aromatic N) is 1. The Morgan fingerprint density at radius 3 is 2.75 bits per heavy atom. The van der Waals surface area contributed by atoms with Gasteiger partial charge in [0.05, 0.1) is 5.52 Å². The van der Waals surface area contributed by atoms with Gasteiger partial charge in [0.25, 0.3) is 5.78 Å². The Bertz CT molecular complexity index is 844. The van der Waals surface area contributed by atoms with Gasteiger partial charge in [-0.15, -0.1) is 0 Å². The molecule has 2 aromatic rings. The van der Waals surface area contributed by atoms with Crippen molar-refractivity contribution < 1.29 is 18.0 Å². The number of nitrogens with one attached hydrogen (secondary N) is 1. The van der Waals surface area contributed by atoms with Crippen molar-refractivity contribution in [2.45, 2.75) is 37.8 Å². The third kappa shape index (κ3) is 2.24. The third-order valence-electron chi connectivity index (χ3n) is 5.21. The van der Waals surface area contributed by atoms with E-state index in [-0.39, 0.29) is 17.4 Å². The van der Waals surface area contributed by atoms with E-state index < -0.39 is 12.0 Å². The lowest BCUT2D eigenvalue weighted by molar-refractivity contribution is -0.0884. The summed E-state index contributed by atoms with van der Waals surface area (Å²) in [6.07, 6.45) is -1.74. The summed E-state index contributed by atoms with van der Waals surface area (Å²) in [4.78, 5) is 16.6. The number of aromatic nitrogens is 1. The molecule has 1 aromatic heterocycles. The van der Waals surface area contributed by atoms with E-state index in [1.807, 2.05) is 13.0 Å². The Hall–Kier alpha value is -1.95. The summed E-state index contributed by atoms with van der Waals surface area (Å²) in [5.74, 6) is -1.61. The molecule has 3 nitrogen and oxygen atoms in total. The SMILES string of the molecule is CCc1cnc2cc3c(c(C(=O)C(F)(F)F)c2c1)C1CNCC3C1. The van der Waals surface area contributed by atoms with Crippen LogP contribution in [0.3, 0.4) is 0 Å². The van der Waals surface area contributed by atoms with E-state index in [0.29, 0.717) is 29.4 Å². The first-order chi connectivity index (χ1) is 11.4. The predicted octanol–water partition coefficient (Wildman–Crippen LogP) is 3.72. The highest BCUT2D eigenvalue weighted by atomic mass is 19.4. The number of ketones is 1. The number of Topliss-reactive ketones (excluding diaryl/α,β-unsaturated/α-hetero) is 1. The molecule has 1 aliphatic carbocycles. The second kappa shape index (κ2) is 5.28. The largest absolute Gasteiger partial charge is 0.454 e. The molecule has 2 heterocycles. The van der Waals surface area contributed by atoms with Crippen LogP contribution in [0.15, 0.2) is 18.3 Å². The highest BCUT2D eigenvalue weighted by molar-refractivity contribution is 6.12. The number of halogens is 3. The van der Waals surface area contributed by atoms with Gasteiger partial charge in [0.15, 0.2) is 0 Å². The van der Waals surface area contributed by atoms with E-state index in [9.17, 15) is 18.0 Å². The monoisotopic (exact) mass is 334 g/mol. The van der Waals surface area contributed by atoms with E-state index in [1.54, 1.807) is 12.3 Å². The quantitative estimate of drug-likeness (QED) is 0.851. The number of carbonyl (C=O) groups is 1. The summed E-state index contributed by atoms with van der Waals surface area (Å²) >= 11 is 0. The molecule has 0 spiro atoms. The molecule has 1 aromatic carbocycles. The molecular formula is C18H17F3N2O. The van der Waals surface area contributed by atoms with Crippen LogP contribution in [0.2, 0.25) is 0 Å². The average Bonchev–Trinajstić information content (AvgIpc) is 2.81. The maximum Gasteiger partial charge on any atom is 0.454 e. The highest BCUT2D eigenvalue weighted by Crippen LogP contribution is 2.48. The van der Waals surface area contributed by atoms with Gasteiger partial charge in [0.2, 0.25) is 0 Å². The van der Waals surface area contributed by atoms with Crippen molar-refractivity contribution in [3.8, 4) is 0 Å². The first kappa shape index (κ1) is 15.6. The first-order valence-corrected chi connectivity index (χ1v) is 8.17. The summed E-state index contributed by atoms with van der Waals surface area (Å²) in [5.41, 5.74) is 2.59. The number of alkyl halides is 3. The second-order valence-corrected chi connectivity index (χ2v) is 6.63. The van der Waals surface area contributed by atoms with E-state index >= 15 is 0 Å². The molecule has 1 saturated heterocycles. The van der Waals surface area contributed by atoms with Crippen LogP contribution in [0.5, 0.6) is 0 Å². The molecule has 2 unspecified atom stereocenters. The fraction of sp³-hybridized carbons (Fsp3) is 0.444. The molecule has 2 aliphatic rings. The van der Waals surface area contributed by atoms with Crippen LogP contribution in [-0.4, -0.2) is 30.0 Å². The topological polar surface area (TPSA) is 42.0 Å². The molecule has 2 bridgehead atoms. The number of pyridine rings is 1. The molecule has 1 fully saturated rings. The number of hydrogen-bond acceptors (Lipinski definition) is 3. The van der Waals surface area contributed by atoms with Gasteiger partial charge >= 0.3 is 6.18 Å². The lowest BCUT2D eigenvalue weighted by Gasteiger charge is -2.20. The molecule has 24 heavy (non-hydrogen) atoms. The van der Waals surface area contributed by atoms with Gasteiger partial charge in [-0.1, -0.05) is 6.92 Å². The van der Waals surface area contributed by atoms with Crippen molar-refractivity contribution in [1.29, 1.82) is 0 Å². The molecule has 2 atom stereocenters. The van der Waals surface area contributed by atoms with Gasteiger partial charge in [0.1, 0.15) is 0 Å². The van der Waals surface area contributed by atoms with Crippen LogP contribution in [-0.2, 0) is 6.42 Å². The van der Waals surface area contributed by atoms with Crippen molar-refractivity contribution in [3.05, 3.63) is 40.6 Å². The minimum atomic E-state index is -4.88. The van der Waals surface area contributed by atoms with Gasteiger partial charge in [-0.3, -0.25) is 9.78 Å². The zero-order valence-corrected chi connectivity index (χ0v) is 13.2. The molecule has 0 radical (unpaired) electrons. The molecule has 1 N–H and O–H groups in total. The number of piperidine rings is 1. The Balaban J connectivity index is 2.07. The number of hydrogen-bond donors (Lipinski definition) is 1. The number of rotatable bonds is 2. The number of benzene rings is 1. The molecule has 0 saturated carbocycles. The van der Waals surface area contributed by atoms with Crippen molar-refractivity contribution >= 4 is 16.7 Å². The van der Waals surface area contributed by atoms with E-state index in [1.165, 1.54) is 0 Å². The van der Waals surface area contributed by atoms with Crippen LogP contribution in [0.25, 0.3) is 10.9 Å². The van der Waals surface area contributed by atoms with Gasteiger partial charge in [-0.25, -0.2) is 0 Å². The Kier molecular flexibility index (Phi) is 3.42. The van der Waals surface area contributed by atoms with Crippen LogP contribution in [0.1, 0.15) is 52.2 Å². The zero-order valence-electron chi connectivity index (χ0n) is 13.2. The highest BCUT2D eigenvalue weighted by Gasteiger charge is 2.45. The molecule has 0 amide bonds. The summed E-state index contributed by atoms with van der Waals surface area (Å²) in [7, 11) is 0. The van der Waals surface area contributed by atoms with Crippen LogP contribution < -0.4 is 5.32 Å².